The van der Waals surface area contributed by atoms with Crippen LogP contribution in [0, 0.1) is 25.1 Å². The summed E-state index contributed by atoms with van der Waals surface area (Å²) in [6.07, 6.45) is 0.578. The van der Waals surface area contributed by atoms with Crippen LogP contribution in [0.2, 0.25) is 0 Å². The minimum atomic E-state index is -1.03. The number of hydrogen-bond donors (Lipinski definition) is 1. The molecule has 0 spiro atoms. The Morgan fingerprint density at radius 2 is 1.60 bits per heavy atom. The number of amides is 2. The second-order valence-corrected chi connectivity index (χ2v) is 12.8. The van der Waals surface area contributed by atoms with Gasteiger partial charge in [0.2, 0.25) is 0 Å². The van der Waals surface area contributed by atoms with Crippen LogP contribution in [0.4, 0.5) is 4.39 Å². The number of rotatable bonds is 7. The van der Waals surface area contributed by atoms with Crippen molar-refractivity contribution in [2.75, 3.05) is 7.11 Å². The second-order valence-electron chi connectivity index (χ2n) is 12.8. The minimum absolute atomic E-state index is 0.109. The van der Waals surface area contributed by atoms with Gasteiger partial charge in [0, 0.05) is 18.1 Å². The largest absolute Gasteiger partial charge is 0.498 e. The summed E-state index contributed by atoms with van der Waals surface area (Å²) in [4.78, 5) is 27.6. The Balaban J connectivity index is 2.07. The Morgan fingerprint density at radius 3 is 2.08 bits per heavy atom. The molecule has 1 heterocycles. The number of nitrogens with one attached hydrogen (secondary N) is 1. The summed E-state index contributed by atoms with van der Waals surface area (Å²) >= 11 is 0. The summed E-state index contributed by atoms with van der Waals surface area (Å²) in [5.74, 6) is -1.86. The van der Waals surface area contributed by atoms with E-state index in [4.69, 9.17) is 14.0 Å². The second kappa shape index (κ2) is 11.6. The van der Waals surface area contributed by atoms with Gasteiger partial charge in [0.05, 0.1) is 29.4 Å². The molecule has 0 radical (unpaired) electrons. The van der Waals surface area contributed by atoms with Crippen molar-refractivity contribution in [1.82, 2.24) is 10.4 Å². The molecule has 1 aliphatic rings. The fourth-order valence-electron chi connectivity index (χ4n) is 5.16. The first-order chi connectivity index (χ1) is 18.4. The number of hydrazine groups is 1. The number of carbonyl (C=O) groups is 2. The molecule has 2 aromatic rings. The minimum Gasteiger partial charge on any atom is -0.399 e. The molecule has 218 valence electrons. The third-order valence-corrected chi connectivity index (χ3v) is 7.91. The standard InChI is InChI=1S/C31H44BFN2O5/c1-12-24(29(4,5)6)35(28(37)22-16-19(2)15-20(3)17-22)34-27(36)23-14-13-21(18-38-11)25(26(23)33)32-39-30(7,8)31(9,10)40-32/h13-17,24H,12,18H2,1-11H3,(H,34,36). The van der Waals surface area contributed by atoms with Crippen molar-refractivity contribution in [2.24, 2.45) is 5.41 Å². The number of ether oxygens (including phenoxy) is 1. The number of hydrogen-bond acceptors (Lipinski definition) is 5. The highest BCUT2D eigenvalue weighted by atomic mass is 19.1. The third-order valence-electron chi connectivity index (χ3n) is 7.91. The average molecular weight is 555 g/mol. The van der Waals surface area contributed by atoms with E-state index in [1.165, 1.54) is 18.2 Å². The van der Waals surface area contributed by atoms with Crippen LogP contribution in [0.15, 0.2) is 30.3 Å². The van der Waals surface area contributed by atoms with Crippen LogP contribution in [0.3, 0.4) is 0 Å². The number of benzene rings is 2. The lowest BCUT2D eigenvalue weighted by molar-refractivity contribution is 0.00578. The van der Waals surface area contributed by atoms with Gasteiger partial charge in [-0.05, 0) is 77.1 Å². The first kappa shape index (κ1) is 31.8. The highest BCUT2D eigenvalue weighted by molar-refractivity contribution is 6.63. The van der Waals surface area contributed by atoms with Gasteiger partial charge >= 0.3 is 7.12 Å². The number of carbonyl (C=O) groups excluding carboxylic acids is 2. The Kier molecular flexibility index (Phi) is 9.24. The van der Waals surface area contributed by atoms with E-state index in [2.05, 4.69) is 5.43 Å². The molecule has 9 heteroatoms. The summed E-state index contributed by atoms with van der Waals surface area (Å²) in [7, 11) is 0.481. The fourth-order valence-corrected chi connectivity index (χ4v) is 5.16. The van der Waals surface area contributed by atoms with Crippen molar-refractivity contribution in [2.45, 2.75) is 99.5 Å². The SMILES string of the molecule is CCC(N(NC(=O)c1ccc(COC)c(B2OC(C)(C)C(C)(C)O2)c1F)C(=O)c1cc(C)cc(C)c1)C(C)(C)C. The number of nitrogens with zero attached hydrogens (tertiary/aromatic N) is 1. The summed E-state index contributed by atoms with van der Waals surface area (Å²) in [5.41, 5.74) is 3.72. The van der Waals surface area contributed by atoms with Gasteiger partial charge in [-0.1, -0.05) is 51.0 Å². The Labute approximate surface area is 238 Å². The Hall–Kier alpha value is -2.75. The molecule has 0 bridgehead atoms. The van der Waals surface area contributed by atoms with E-state index in [0.29, 0.717) is 17.5 Å². The topological polar surface area (TPSA) is 77.1 Å². The van der Waals surface area contributed by atoms with Crippen molar-refractivity contribution < 1.29 is 28.0 Å². The summed E-state index contributed by atoms with van der Waals surface area (Å²) in [6.45, 7) is 19.4. The molecule has 2 amide bonds. The van der Waals surface area contributed by atoms with E-state index in [1.54, 1.807) is 18.2 Å². The molecule has 1 N–H and O–H groups in total. The monoisotopic (exact) mass is 554 g/mol. The van der Waals surface area contributed by atoms with Crippen molar-refractivity contribution in [3.8, 4) is 0 Å². The number of halogens is 1. The lowest BCUT2D eigenvalue weighted by Gasteiger charge is -2.39. The fraction of sp³-hybridized carbons (Fsp3) is 0.548. The van der Waals surface area contributed by atoms with Crippen LogP contribution in [-0.4, -0.2) is 48.3 Å². The molecule has 1 atom stereocenters. The van der Waals surface area contributed by atoms with E-state index >= 15 is 4.39 Å². The molecule has 0 aromatic heterocycles. The van der Waals surface area contributed by atoms with Crippen molar-refractivity contribution in [3.63, 3.8) is 0 Å². The van der Waals surface area contributed by atoms with Crippen LogP contribution in [0.25, 0.3) is 0 Å². The van der Waals surface area contributed by atoms with E-state index < -0.39 is 30.0 Å². The Bertz CT molecular complexity index is 1230. The maximum absolute atomic E-state index is 16.3. The first-order valence-corrected chi connectivity index (χ1v) is 13.8. The molecule has 1 saturated heterocycles. The van der Waals surface area contributed by atoms with Gasteiger partial charge in [-0.2, -0.15) is 0 Å². The molecule has 1 fully saturated rings. The van der Waals surface area contributed by atoms with Crippen molar-refractivity contribution in [1.29, 1.82) is 0 Å². The lowest BCUT2D eigenvalue weighted by atomic mass is 9.74. The van der Waals surface area contributed by atoms with Gasteiger partial charge in [0.15, 0.2) is 0 Å². The summed E-state index contributed by atoms with van der Waals surface area (Å²) in [5, 5.41) is 1.35. The molecule has 1 aliphatic heterocycles. The predicted molar refractivity (Wildman–Crippen MR) is 156 cm³/mol. The Morgan fingerprint density at radius 1 is 1.05 bits per heavy atom. The van der Waals surface area contributed by atoms with Gasteiger partial charge < -0.3 is 14.0 Å². The van der Waals surface area contributed by atoms with Crippen LogP contribution < -0.4 is 10.9 Å². The van der Waals surface area contributed by atoms with Gasteiger partial charge in [0.1, 0.15) is 5.82 Å². The summed E-state index contributed by atoms with van der Waals surface area (Å²) < 4.78 is 33.9. The molecular weight excluding hydrogens is 510 g/mol. The molecular formula is C31H44BFN2O5. The highest BCUT2D eigenvalue weighted by Crippen LogP contribution is 2.37. The zero-order chi connectivity index (χ0) is 30.2. The maximum Gasteiger partial charge on any atom is 0.498 e. The van der Waals surface area contributed by atoms with Gasteiger partial charge in [0.25, 0.3) is 11.8 Å². The molecule has 7 nitrogen and oxygen atoms in total. The summed E-state index contributed by atoms with van der Waals surface area (Å²) in [6, 6.07) is 8.25. The zero-order valence-electron chi connectivity index (χ0n) is 25.8. The van der Waals surface area contributed by atoms with Crippen LogP contribution in [0.5, 0.6) is 0 Å². The van der Waals surface area contributed by atoms with Gasteiger partial charge in [-0.25, -0.2) is 9.40 Å². The molecule has 3 rings (SSSR count). The normalized spacial score (nSPS) is 17.1. The average Bonchev–Trinajstić information content (AvgIpc) is 3.03. The smallest absolute Gasteiger partial charge is 0.399 e. The van der Waals surface area contributed by atoms with E-state index in [9.17, 15) is 9.59 Å². The van der Waals surface area contributed by atoms with Crippen LogP contribution in [-0.2, 0) is 20.7 Å². The highest BCUT2D eigenvalue weighted by Gasteiger charge is 2.53. The van der Waals surface area contributed by atoms with E-state index in [1.807, 2.05) is 75.3 Å². The first-order valence-electron chi connectivity index (χ1n) is 13.8. The van der Waals surface area contributed by atoms with Crippen LogP contribution in [0.1, 0.15) is 99.2 Å². The molecule has 0 aliphatic carbocycles. The molecule has 1 unspecified atom stereocenters. The number of methoxy groups -OCH3 is 1. The van der Waals surface area contributed by atoms with E-state index in [-0.39, 0.29) is 35.0 Å². The number of aryl methyl sites for hydroxylation is 2. The van der Waals surface area contributed by atoms with Crippen molar-refractivity contribution >= 4 is 24.4 Å². The van der Waals surface area contributed by atoms with Crippen molar-refractivity contribution in [3.05, 3.63) is 64.0 Å². The predicted octanol–water partition coefficient (Wildman–Crippen LogP) is 5.50. The molecule has 2 aromatic carbocycles. The van der Waals surface area contributed by atoms with Gasteiger partial charge in [-0.15, -0.1) is 0 Å². The molecule has 40 heavy (non-hydrogen) atoms. The maximum atomic E-state index is 16.3. The van der Waals surface area contributed by atoms with Crippen LogP contribution >= 0.6 is 0 Å². The lowest BCUT2D eigenvalue weighted by Crippen LogP contribution is -2.56. The van der Waals surface area contributed by atoms with Gasteiger partial charge in [-0.3, -0.25) is 15.0 Å². The molecule has 0 saturated carbocycles. The third kappa shape index (κ3) is 6.42. The zero-order valence-corrected chi connectivity index (χ0v) is 25.8. The quantitative estimate of drug-likeness (QED) is 0.361. The van der Waals surface area contributed by atoms with E-state index in [0.717, 1.165) is 11.1 Å².